The van der Waals surface area contributed by atoms with Crippen LogP contribution in [-0.2, 0) is 10.4 Å². The van der Waals surface area contributed by atoms with E-state index in [-0.39, 0.29) is 11.8 Å². The average Bonchev–Trinajstić information content (AvgIpc) is 2.47. The number of hydrogen-bond acceptors (Lipinski definition) is 3. The Balaban J connectivity index is 2.02. The van der Waals surface area contributed by atoms with Crippen LogP contribution in [0.15, 0.2) is 24.3 Å². The average molecular weight is 311 g/mol. The van der Waals surface area contributed by atoms with Gasteiger partial charge in [0.15, 0.2) is 0 Å². The van der Waals surface area contributed by atoms with Crippen LogP contribution in [0.5, 0.6) is 0 Å². The summed E-state index contributed by atoms with van der Waals surface area (Å²) < 4.78 is 0. The standard InChI is InChI=1S/C16H23ClN2O2/c1-11(2)14(18)15(20)19-9-7-16(21,8-10-19)12-3-5-13(17)6-4-12/h3-6,11,14,21H,7-10,18H2,1-2H3. The predicted octanol–water partition coefficient (Wildman–Crippen LogP) is 2.13. The number of benzene rings is 1. The molecule has 1 fully saturated rings. The molecule has 1 aromatic carbocycles. The minimum Gasteiger partial charge on any atom is -0.385 e. The molecule has 2 rings (SSSR count). The number of rotatable bonds is 3. The molecule has 1 atom stereocenters. The molecule has 116 valence electrons. The van der Waals surface area contributed by atoms with Gasteiger partial charge >= 0.3 is 0 Å². The fourth-order valence-corrected chi connectivity index (χ4v) is 2.77. The zero-order chi connectivity index (χ0) is 15.6. The molecule has 21 heavy (non-hydrogen) atoms. The molecule has 0 radical (unpaired) electrons. The smallest absolute Gasteiger partial charge is 0.239 e. The number of carbonyl (C=O) groups is 1. The summed E-state index contributed by atoms with van der Waals surface area (Å²) >= 11 is 5.88. The lowest BCUT2D eigenvalue weighted by molar-refractivity contribution is -0.138. The van der Waals surface area contributed by atoms with Crippen molar-refractivity contribution in [2.75, 3.05) is 13.1 Å². The summed E-state index contributed by atoms with van der Waals surface area (Å²) in [5.41, 5.74) is 5.89. The van der Waals surface area contributed by atoms with Crippen molar-refractivity contribution in [3.05, 3.63) is 34.9 Å². The zero-order valence-corrected chi connectivity index (χ0v) is 13.3. The third-order valence-corrected chi connectivity index (χ3v) is 4.54. The molecule has 0 bridgehead atoms. The fourth-order valence-electron chi connectivity index (χ4n) is 2.64. The summed E-state index contributed by atoms with van der Waals surface area (Å²) in [6.45, 7) is 4.93. The van der Waals surface area contributed by atoms with Crippen molar-refractivity contribution in [3.63, 3.8) is 0 Å². The lowest BCUT2D eigenvalue weighted by Gasteiger charge is -2.39. The highest BCUT2D eigenvalue weighted by Crippen LogP contribution is 2.33. The van der Waals surface area contributed by atoms with E-state index in [4.69, 9.17) is 17.3 Å². The van der Waals surface area contributed by atoms with E-state index in [1.807, 2.05) is 26.0 Å². The summed E-state index contributed by atoms with van der Waals surface area (Å²) in [7, 11) is 0. The van der Waals surface area contributed by atoms with Crippen LogP contribution in [0.25, 0.3) is 0 Å². The Labute approximate surface area is 130 Å². The molecule has 5 heteroatoms. The molecule has 0 spiro atoms. The van der Waals surface area contributed by atoms with E-state index >= 15 is 0 Å². The molecule has 1 saturated heterocycles. The molecule has 0 saturated carbocycles. The number of hydrogen-bond donors (Lipinski definition) is 2. The maximum Gasteiger partial charge on any atom is 0.239 e. The zero-order valence-electron chi connectivity index (χ0n) is 12.6. The molecule has 1 heterocycles. The van der Waals surface area contributed by atoms with Gasteiger partial charge in [0.1, 0.15) is 0 Å². The molecule has 3 N–H and O–H groups in total. The SMILES string of the molecule is CC(C)C(N)C(=O)N1CCC(O)(c2ccc(Cl)cc2)CC1. The van der Waals surface area contributed by atoms with E-state index in [0.29, 0.717) is 31.0 Å². The Kier molecular flexibility index (Phi) is 4.91. The Morgan fingerprint density at radius 3 is 2.29 bits per heavy atom. The van der Waals surface area contributed by atoms with Gasteiger partial charge in [0.05, 0.1) is 11.6 Å². The van der Waals surface area contributed by atoms with Gasteiger partial charge in [-0.3, -0.25) is 4.79 Å². The quantitative estimate of drug-likeness (QED) is 0.899. The molecule has 4 nitrogen and oxygen atoms in total. The van der Waals surface area contributed by atoms with Crippen LogP contribution >= 0.6 is 11.6 Å². The van der Waals surface area contributed by atoms with E-state index in [9.17, 15) is 9.90 Å². The van der Waals surface area contributed by atoms with Gasteiger partial charge in [0.2, 0.25) is 5.91 Å². The van der Waals surface area contributed by atoms with Gasteiger partial charge < -0.3 is 15.7 Å². The van der Waals surface area contributed by atoms with Crippen LogP contribution < -0.4 is 5.73 Å². The summed E-state index contributed by atoms with van der Waals surface area (Å²) in [4.78, 5) is 14.0. The first-order valence-corrected chi connectivity index (χ1v) is 7.74. The van der Waals surface area contributed by atoms with Crippen molar-refractivity contribution in [2.24, 2.45) is 11.7 Å². The first-order chi connectivity index (χ1) is 9.83. The highest BCUT2D eigenvalue weighted by atomic mass is 35.5. The van der Waals surface area contributed by atoms with Crippen LogP contribution in [-0.4, -0.2) is 35.0 Å². The topological polar surface area (TPSA) is 66.6 Å². The Morgan fingerprint density at radius 2 is 1.81 bits per heavy atom. The molecule has 1 unspecified atom stereocenters. The van der Waals surface area contributed by atoms with Gasteiger partial charge in [-0.15, -0.1) is 0 Å². The van der Waals surface area contributed by atoms with E-state index in [1.165, 1.54) is 0 Å². The number of halogens is 1. The maximum absolute atomic E-state index is 12.2. The number of carbonyl (C=O) groups excluding carboxylic acids is 1. The second kappa shape index (κ2) is 6.34. The molecule has 1 aliphatic rings. The van der Waals surface area contributed by atoms with Crippen molar-refractivity contribution in [3.8, 4) is 0 Å². The lowest BCUT2D eigenvalue weighted by atomic mass is 9.84. The monoisotopic (exact) mass is 310 g/mol. The minimum atomic E-state index is -0.886. The third-order valence-electron chi connectivity index (χ3n) is 4.29. The van der Waals surface area contributed by atoms with Gasteiger partial charge in [0.25, 0.3) is 0 Å². The number of nitrogens with zero attached hydrogens (tertiary/aromatic N) is 1. The van der Waals surface area contributed by atoms with Gasteiger partial charge in [-0.05, 0) is 36.5 Å². The number of aliphatic hydroxyl groups is 1. The molecular formula is C16H23ClN2O2. The number of piperidine rings is 1. The summed E-state index contributed by atoms with van der Waals surface area (Å²) in [5, 5.41) is 11.4. The van der Waals surface area contributed by atoms with Crippen molar-refractivity contribution in [1.29, 1.82) is 0 Å². The van der Waals surface area contributed by atoms with Crippen molar-refractivity contribution < 1.29 is 9.90 Å². The van der Waals surface area contributed by atoms with Crippen LogP contribution in [0.2, 0.25) is 5.02 Å². The van der Waals surface area contributed by atoms with Crippen molar-refractivity contribution in [1.82, 2.24) is 4.90 Å². The summed E-state index contributed by atoms with van der Waals surface area (Å²) in [5.74, 6) is 0.0951. The normalized spacial score (nSPS) is 19.6. The fraction of sp³-hybridized carbons (Fsp3) is 0.562. The molecule has 1 amide bonds. The van der Waals surface area contributed by atoms with E-state index in [0.717, 1.165) is 5.56 Å². The van der Waals surface area contributed by atoms with E-state index < -0.39 is 11.6 Å². The second-order valence-corrected chi connectivity index (χ2v) is 6.57. The van der Waals surface area contributed by atoms with Gasteiger partial charge in [-0.2, -0.15) is 0 Å². The highest BCUT2D eigenvalue weighted by Gasteiger charge is 2.36. The first-order valence-electron chi connectivity index (χ1n) is 7.36. The number of nitrogens with two attached hydrogens (primary N) is 1. The van der Waals surface area contributed by atoms with Gasteiger partial charge in [0, 0.05) is 18.1 Å². The number of amides is 1. The summed E-state index contributed by atoms with van der Waals surface area (Å²) in [6, 6.07) is 6.79. The van der Waals surface area contributed by atoms with Crippen LogP contribution in [0, 0.1) is 5.92 Å². The van der Waals surface area contributed by atoms with Crippen LogP contribution in [0.1, 0.15) is 32.3 Å². The Bertz CT molecular complexity index is 494. The summed E-state index contributed by atoms with van der Waals surface area (Å²) in [6.07, 6.45) is 1.04. The molecule has 0 aliphatic carbocycles. The van der Waals surface area contributed by atoms with Crippen molar-refractivity contribution >= 4 is 17.5 Å². The first kappa shape index (κ1) is 16.3. The molecule has 0 aromatic heterocycles. The molecule has 1 aromatic rings. The van der Waals surface area contributed by atoms with Gasteiger partial charge in [-0.1, -0.05) is 37.6 Å². The highest BCUT2D eigenvalue weighted by molar-refractivity contribution is 6.30. The van der Waals surface area contributed by atoms with Crippen molar-refractivity contribution in [2.45, 2.75) is 38.3 Å². The molecular weight excluding hydrogens is 288 g/mol. The molecule has 1 aliphatic heterocycles. The van der Waals surface area contributed by atoms with Crippen LogP contribution in [0.4, 0.5) is 0 Å². The minimum absolute atomic E-state index is 0.0249. The number of likely N-dealkylation sites (tertiary alicyclic amines) is 1. The maximum atomic E-state index is 12.2. The van der Waals surface area contributed by atoms with E-state index in [2.05, 4.69) is 0 Å². The largest absolute Gasteiger partial charge is 0.385 e. The van der Waals surface area contributed by atoms with E-state index in [1.54, 1.807) is 17.0 Å². The Hall–Kier alpha value is -1.10. The van der Waals surface area contributed by atoms with Crippen LogP contribution in [0.3, 0.4) is 0 Å². The second-order valence-electron chi connectivity index (χ2n) is 6.13. The Morgan fingerprint density at radius 1 is 1.29 bits per heavy atom. The predicted molar refractivity (Wildman–Crippen MR) is 84.0 cm³/mol. The third kappa shape index (κ3) is 3.57. The van der Waals surface area contributed by atoms with Gasteiger partial charge in [-0.25, -0.2) is 0 Å². The lowest BCUT2D eigenvalue weighted by Crippen LogP contribution is -2.51.